The zero-order valence-electron chi connectivity index (χ0n) is 33.8. The van der Waals surface area contributed by atoms with E-state index in [1.54, 1.807) is 18.1 Å². The summed E-state index contributed by atoms with van der Waals surface area (Å²) < 4.78 is 12.0. The van der Waals surface area contributed by atoms with Gasteiger partial charge in [-0.15, -0.1) is 0 Å². The van der Waals surface area contributed by atoms with Crippen LogP contribution in [-0.4, -0.2) is 35.2 Å². The van der Waals surface area contributed by atoms with Crippen LogP contribution >= 0.6 is 11.6 Å². The number of halogens is 1. The molecule has 5 nitrogen and oxygen atoms in total. The quantitative estimate of drug-likeness (QED) is 0.208. The number of nitrogens with zero attached hydrogens (tertiary/aromatic N) is 1. The molecule has 6 heteroatoms. The summed E-state index contributed by atoms with van der Waals surface area (Å²) in [7, 11) is 0. The molecule has 0 bridgehead atoms. The monoisotopic (exact) mass is 721 g/mol. The summed E-state index contributed by atoms with van der Waals surface area (Å²) in [6.07, 6.45) is 12.8. The van der Waals surface area contributed by atoms with Gasteiger partial charge in [0.15, 0.2) is 0 Å². The Bertz CT molecular complexity index is 1520. The van der Waals surface area contributed by atoms with E-state index >= 15 is 0 Å². The molecule has 4 fully saturated rings. The maximum absolute atomic E-state index is 13.7. The fourth-order valence-corrected chi connectivity index (χ4v) is 13.4. The topological polar surface area (TPSA) is 55.8 Å². The Morgan fingerprint density at radius 2 is 1.57 bits per heavy atom. The number of fused-ring (bicyclic) bond motifs is 7. The molecule has 6 rings (SSSR count). The van der Waals surface area contributed by atoms with E-state index in [4.69, 9.17) is 21.1 Å². The first-order valence-corrected chi connectivity index (χ1v) is 20.7. The van der Waals surface area contributed by atoms with Gasteiger partial charge in [0, 0.05) is 30.5 Å². The van der Waals surface area contributed by atoms with E-state index in [1.165, 1.54) is 51.4 Å². The molecule has 5 aliphatic rings. The normalized spacial score (nSPS) is 37.2. The maximum Gasteiger partial charge on any atom is 0.410 e. The lowest BCUT2D eigenvalue weighted by Gasteiger charge is -2.72. The molecule has 51 heavy (non-hydrogen) atoms. The Hall–Kier alpha value is -2.01. The fraction of sp³-hybridized carbons (Fsp3) is 0.778. The molecule has 1 unspecified atom stereocenters. The van der Waals surface area contributed by atoms with Crippen LogP contribution in [0, 0.1) is 50.7 Å². The second-order valence-corrected chi connectivity index (χ2v) is 20.7. The second kappa shape index (κ2) is 13.4. The lowest BCUT2D eigenvalue weighted by atomic mass is 9.33. The Balaban J connectivity index is 1.30. The van der Waals surface area contributed by atoms with Crippen LogP contribution in [0.25, 0.3) is 0 Å². The molecule has 8 atom stereocenters. The summed E-state index contributed by atoms with van der Waals surface area (Å²) in [6, 6.07) is 7.88. The van der Waals surface area contributed by atoms with E-state index in [0.717, 1.165) is 24.8 Å². The van der Waals surface area contributed by atoms with E-state index in [0.29, 0.717) is 41.8 Å². The Kier molecular flexibility index (Phi) is 10.2. The number of allylic oxidation sites excluding steroid dienone is 2. The summed E-state index contributed by atoms with van der Waals surface area (Å²) in [5, 5.41) is 0.706. The number of hydrogen-bond acceptors (Lipinski definition) is 4. The number of carbonyl (C=O) groups is 2. The zero-order valence-corrected chi connectivity index (χ0v) is 34.6. The second-order valence-electron chi connectivity index (χ2n) is 20.2. The van der Waals surface area contributed by atoms with Gasteiger partial charge >= 0.3 is 12.1 Å². The van der Waals surface area contributed by atoms with Crippen LogP contribution in [0.15, 0.2) is 35.4 Å². The standard InChI is InChI=1S/C45H68ClNO4/c1-29(2)33-18-23-45(26-27-47(39(49)51-40(4,5)6)28-31-12-14-32(46)15-13-31)25-24-43(10)34(38(33)45)16-17-36-42(9)21-20-37(50-30(3)48)41(7,8)35(42)19-22-44(36,43)11/h12-15,29,34-37H,16-28H2,1-11H3/t34-,35?,36-,37+,42+,43-,44-,45-/m1/s1. The van der Waals surface area contributed by atoms with Gasteiger partial charge in [-0.3, -0.25) is 4.79 Å². The van der Waals surface area contributed by atoms with Gasteiger partial charge in [0.25, 0.3) is 0 Å². The van der Waals surface area contributed by atoms with Crippen molar-refractivity contribution in [2.24, 2.45) is 50.7 Å². The third kappa shape index (κ3) is 6.60. The molecule has 0 aliphatic heterocycles. The van der Waals surface area contributed by atoms with Crippen LogP contribution in [0.4, 0.5) is 4.79 Å². The molecule has 0 saturated heterocycles. The molecule has 0 spiro atoms. The van der Waals surface area contributed by atoms with Gasteiger partial charge < -0.3 is 14.4 Å². The minimum Gasteiger partial charge on any atom is -0.462 e. The third-order valence-electron chi connectivity index (χ3n) is 15.9. The lowest BCUT2D eigenvalue weighted by molar-refractivity contribution is -0.233. The van der Waals surface area contributed by atoms with E-state index in [9.17, 15) is 9.59 Å². The van der Waals surface area contributed by atoms with Crippen molar-refractivity contribution in [2.45, 2.75) is 165 Å². The van der Waals surface area contributed by atoms with Crippen LogP contribution in [0.1, 0.15) is 152 Å². The number of carbonyl (C=O) groups excluding carboxylic acids is 2. The molecule has 1 amide bonds. The molecular formula is C45H68ClNO4. The van der Waals surface area contributed by atoms with Gasteiger partial charge in [0.1, 0.15) is 11.7 Å². The van der Waals surface area contributed by atoms with E-state index in [1.807, 2.05) is 49.9 Å². The van der Waals surface area contributed by atoms with Crippen molar-refractivity contribution in [3.05, 3.63) is 46.0 Å². The molecule has 1 aromatic rings. The predicted octanol–water partition coefficient (Wildman–Crippen LogP) is 12.2. The smallest absolute Gasteiger partial charge is 0.410 e. The molecule has 0 radical (unpaired) electrons. The van der Waals surface area contributed by atoms with Gasteiger partial charge in [-0.05, 0) is 154 Å². The van der Waals surface area contributed by atoms with Gasteiger partial charge in [0.05, 0.1) is 0 Å². The van der Waals surface area contributed by atoms with Gasteiger partial charge in [-0.2, -0.15) is 0 Å². The minimum atomic E-state index is -0.553. The van der Waals surface area contributed by atoms with E-state index in [2.05, 4.69) is 48.5 Å². The number of ether oxygens (including phenoxy) is 2. The van der Waals surface area contributed by atoms with Gasteiger partial charge in [-0.1, -0.05) is 83.3 Å². The van der Waals surface area contributed by atoms with E-state index < -0.39 is 5.60 Å². The van der Waals surface area contributed by atoms with Crippen LogP contribution in [0.2, 0.25) is 5.02 Å². The van der Waals surface area contributed by atoms with Crippen molar-refractivity contribution in [3.63, 3.8) is 0 Å². The molecule has 5 aliphatic carbocycles. The summed E-state index contributed by atoms with van der Waals surface area (Å²) in [6.45, 7) is 26.3. The third-order valence-corrected chi connectivity index (χ3v) is 16.1. The van der Waals surface area contributed by atoms with Crippen LogP contribution in [-0.2, 0) is 20.8 Å². The Labute approximate surface area is 315 Å². The van der Waals surface area contributed by atoms with Gasteiger partial charge in [0.2, 0.25) is 0 Å². The number of benzene rings is 1. The highest BCUT2D eigenvalue weighted by atomic mass is 35.5. The van der Waals surface area contributed by atoms with E-state index in [-0.39, 0.29) is 45.2 Å². The van der Waals surface area contributed by atoms with Gasteiger partial charge in [-0.25, -0.2) is 4.79 Å². The Morgan fingerprint density at radius 3 is 2.20 bits per heavy atom. The van der Waals surface area contributed by atoms with Crippen molar-refractivity contribution in [1.29, 1.82) is 0 Å². The fourth-order valence-electron chi connectivity index (χ4n) is 13.3. The molecular weight excluding hydrogens is 654 g/mol. The summed E-state index contributed by atoms with van der Waals surface area (Å²) >= 11 is 6.23. The number of amides is 1. The highest BCUT2D eigenvalue weighted by Gasteiger charge is 2.69. The van der Waals surface area contributed by atoms with Crippen molar-refractivity contribution < 1.29 is 19.1 Å². The number of rotatable bonds is 7. The molecule has 0 N–H and O–H groups in total. The average molecular weight is 722 g/mol. The van der Waals surface area contributed by atoms with Crippen molar-refractivity contribution in [3.8, 4) is 0 Å². The van der Waals surface area contributed by atoms with Crippen molar-refractivity contribution in [2.75, 3.05) is 6.54 Å². The highest BCUT2D eigenvalue weighted by Crippen LogP contribution is 2.77. The summed E-state index contributed by atoms with van der Waals surface area (Å²) in [4.78, 5) is 27.8. The zero-order chi connectivity index (χ0) is 37.4. The maximum atomic E-state index is 13.7. The molecule has 1 aromatic carbocycles. The SMILES string of the molecule is CC(=O)O[C@H]1CC[C@@]2(C)C(CC[C@]3(C)[C@@H]2CC[C@@H]2C4=C(C(C)C)CC[C@]4(CCN(Cc4ccc(Cl)cc4)C(=O)OC(C)(C)C)CC[C@]23C)C1(C)C. The summed E-state index contributed by atoms with van der Waals surface area (Å²) in [5.74, 6) is 2.21. The first-order valence-electron chi connectivity index (χ1n) is 20.3. The minimum absolute atomic E-state index is 0.0110. The lowest BCUT2D eigenvalue weighted by Crippen LogP contribution is -2.65. The highest BCUT2D eigenvalue weighted by molar-refractivity contribution is 6.30. The largest absolute Gasteiger partial charge is 0.462 e. The number of hydrogen-bond donors (Lipinski definition) is 0. The summed E-state index contributed by atoms with van der Waals surface area (Å²) in [5.41, 5.74) is 4.89. The molecule has 0 aromatic heterocycles. The molecule has 4 saturated carbocycles. The predicted molar refractivity (Wildman–Crippen MR) is 207 cm³/mol. The van der Waals surface area contributed by atoms with Crippen molar-refractivity contribution >= 4 is 23.7 Å². The van der Waals surface area contributed by atoms with Crippen LogP contribution in [0.3, 0.4) is 0 Å². The van der Waals surface area contributed by atoms with Crippen LogP contribution < -0.4 is 0 Å². The Morgan fingerprint density at radius 1 is 0.882 bits per heavy atom. The number of esters is 1. The average Bonchev–Trinajstić information content (AvgIpc) is 3.41. The first-order chi connectivity index (χ1) is 23.7. The van der Waals surface area contributed by atoms with Crippen molar-refractivity contribution in [1.82, 2.24) is 4.90 Å². The first kappa shape index (κ1) is 38.7. The van der Waals surface area contributed by atoms with Crippen LogP contribution in [0.5, 0.6) is 0 Å². The molecule has 0 heterocycles. The molecule has 284 valence electrons.